The number of amides is 2. The lowest BCUT2D eigenvalue weighted by Crippen LogP contribution is -2.26. The molecule has 1 aliphatic rings. The first-order chi connectivity index (χ1) is 14.1. The van der Waals surface area contributed by atoms with E-state index in [2.05, 4.69) is 25.9 Å². The number of pyridine rings is 2. The van der Waals surface area contributed by atoms with Gasteiger partial charge >= 0.3 is 0 Å². The Morgan fingerprint density at radius 2 is 1.72 bits per heavy atom. The van der Waals surface area contributed by atoms with Crippen molar-refractivity contribution in [1.29, 1.82) is 0 Å². The molecule has 0 unspecified atom stereocenters. The van der Waals surface area contributed by atoms with Crippen LogP contribution in [0, 0.1) is 0 Å². The van der Waals surface area contributed by atoms with E-state index in [4.69, 9.17) is 11.6 Å². The van der Waals surface area contributed by atoms with Gasteiger partial charge in [0.1, 0.15) is 5.69 Å². The first kappa shape index (κ1) is 18.9. The number of hydrogen-bond acceptors (Lipinski definition) is 5. The summed E-state index contributed by atoms with van der Waals surface area (Å²) in [6, 6.07) is 12.3. The number of carbonyl (C=O) groups is 2. The average Bonchev–Trinajstić information content (AvgIpc) is 3.55. The van der Waals surface area contributed by atoms with Crippen LogP contribution in [0.4, 0.5) is 17.1 Å². The molecule has 1 fully saturated rings. The number of benzene rings is 1. The second-order valence-electron chi connectivity index (χ2n) is 6.69. The smallest absolute Gasteiger partial charge is 0.270 e. The zero-order valence-corrected chi connectivity index (χ0v) is 16.1. The second-order valence-corrected chi connectivity index (χ2v) is 7.12. The number of nitrogens with one attached hydrogen (secondary N) is 3. The third kappa shape index (κ3) is 4.89. The monoisotopic (exact) mass is 407 g/mol. The minimum absolute atomic E-state index is 0.219. The van der Waals surface area contributed by atoms with Crippen LogP contribution in [-0.2, 0) is 0 Å². The number of anilines is 3. The molecule has 7 nitrogen and oxygen atoms in total. The largest absolute Gasteiger partial charge is 0.353 e. The quantitative estimate of drug-likeness (QED) is 0.573. The zero-order chi connectivity index (χ0) is 20.2. The molecule has 0 saturated heterocycles. The van der Waals surface area contributed by atoms with Crippen molar-refractivity contribution < 1.29 is 9.59 Å². The lowest BCUT2D eigenvalue weighted by Gasteiger charge is -2.13. The molecule has 0 atom stereocenters. The fraction of sp³-hybridized carbons (Fsp3) is 0.143. The van der Waals surface area contributed by atoms with Crippen LogP contribution in [0.15, 0.2) is 61.1 Å². The van der Waals surface area contributed by atoms with Crippen molar-refractivity contribution in [2.75, 3.05) is 10.6 Å². The number of hydrogen-bond donors (Lipinski definition) is 3. The van der Waals surface area contributed by atoms with E-state index in [-0.39, 0.29) is 17.9 Å². The highest BCUT2D eigenvalue weighted by molar-refractivity contribution is 6.30. The number of halogens is 1. The summed E-state index contributed by atoms with van der Waals surface area (Å²) in [5.41, 5.74) is 2.65. The molecular weight excluding hydrogens is 390 g/mol. The molecule has 0 bridgehead atoms. The molecule has 0 radical (unpaired) electrons. The molecule has 4 rings (SSSR count). The molecule has 1 saturated carbocycles. The van der Waals surface area contributed by atoms with E-state index in [0.717, 1.165) is 18.5 Å². The van der Waals surface area contributed by atoms with Crippen molar-refractivity contribution in [3.63, 3.8) is 0 Å². The Balaban J connectivity index is 1.45. The molecule has 2 aromatic heterocycles. The molecule has 29 heavy (non-hydrogen) atoms. The van der Waals surface area contributed by atoms with Crippen LogP contribution >= 0.6 is 11.6 Å². The van der Waals surface area contributed by atoms with Crippen molar-refractivity contribution in [3.05, 3.63) is 77.3 Å². The molecule has 2 amide bonds. The Hall–Kier alpha value is -3.45. The van der Waals surface area contributed by atoms with Gasteiger partial charge in [-0.05, 0) is 55.3 Å². The summed E-state index contributed by atoms with van der Waals surface area (Å²) < 4.78 is 0. The van der Waals surface area contributed by atoms with Crippen molar-refractivity contribution in [1.82, 2.24) is 15.3 Å². The van der Waals surface area contributed by atoms with Crippen LogP contribution in [-0.4, -0.2) is 27.8 Å². The van der Waals surface area contributed by atoms with E-state index in [9.17, 15) is 9.59 Å². The first-order valence-corrected chi connectivity index (χ1v) is 9.51. The highest BCUT2D eigenvalue weighted by Crippen LogP contribution is 2.25. The average molecular weight is 408 g/mol. The lowest BCUT2D eigenvalue weighted by atomic mass is 10.2. The van der Waals surface area contributed by atoms with Crippen molar-refractivity contribution in [2.24, 2.45) is 0 Å². The van der Waals surface area contributed by atoms with Gasteiger partial charge in [0.25, 0.3) is 11.8 Å². The molecule has 0 spiro atoms. The van der Waals surface area contributed by atoms with Gasteiger partial charge in [0.05, 0.1) is 23.1 Å². The molecule has 0 aliphatic heterocycles. The summed E-state index contributed by atoms with van der Waals surface area (Å²) in [7, 11) is 0. The van der Waals surface area contributed by atoms with Gasteiger partial charge in [-0.2, -0.15) is 0 Å². The molecule has 2 heterocycles. The van der Waals surface area contributed by atoms with Crippen molar-refractivity contribution in [2.45, 2.75) is 18.9 Å². The lowest BCUT2D eigenvalue weighted by molar-refractivity contribution is 0.0944. The molecule has 1 aromatic carbocycles. The number of nitrogens with zero attached hydrogens (tertiary/aromatic N) is 2. The van der Waals surface area contributed by atoms with Crippen LogP contribution in [0.25, 0.3) is 0 Å². The Bertz CT molecular complexity index is 1030. The van der Waals surface area contributed by atoms with Gasteiger partial charge in [0.15, 0.2) is 0 Å². The summed E-state index contributed by atoms with van der Waals surface area (Å²) in [4.78, 5) is 32.8. The second kappa shape index (κ2) is 8.28. The summed E-state index contributed by atoms with van der Waals surface area (Å²) in [5.74, 6) is -0.556. The predicted octanol–water partition coefficient (Wildman–Crippen LogP) is 4.02. The third-order valence-corrected chi connectivity index (χ3v) is 4.62. The molecule has 146 valence electrons. The third-order valence-electron chi connectivity index (χ3n) is 4.36. The van der Waals surface area contributed by atoms with Gasteiger partial charge in [-0.25, -0.2) is 0 Å². The summed E-state index contributed by atoms with van der Waals surface area (Å²) in [6.45, 7) is 0. The highest BCUT2D eigenvalue weighted by Gasteiger charge is 2.24. The van der Waals surface area contributed by atoms with Crippen LogP contribution in [0.5, 0.6) is 0 Å². The van der Waals surface area contributed by atoms with Crippen LogP contribution < -0.4 is 16.0 Å². The Morgan fingerprint density at radius 3 is 2.41 bits per heavy atom. The van der Waals surface area contributed by atoms with E-state index >= 15 is 0 Å². The van der Waals surface area contributed by atoms with Gasteiger partial charge in [-0.1, -0.05) is 11.6 Å². The molecule has 3 aromatic rings. The van der Waals surface area contributed by atoms with Gasteiger partial charge in [-0.3, -0.25) is 19.6 Å². The number of rotatable bonds is 6. The summed E-state index contributed by atoms with van der Waals surface area (Å²) in [6.07, 6.45) is 6.61. The minimum Gasteiger partial charge on any atom is -0.353 e. The summed E-state index contributed by atoms with van der Waals surface area (Å²) in [5, 5.41) is 9.54. The SMILES string of the molecule is O=C(Nc1ccncc1Nc1ccc(Cl)cc1)c1ccc(C(=O)NC2CC2)nc1. The fourth-order valence-electron chi connectivity index (χ4n) is 2.64. The van der Waals surface area contributed by atoms with E-state index in [0.29, 0.717) is 27.7 Å². The molecule has 8 heteroatoms. The Morgan fingerprint density at radius 1 is 0.931 bits per heavy atom. The van der Waals surface area contributed by atoms with E-state index in [1.807, 2.05) is 12.1 Å². The maximum atomic E-state index is 12.6. The minimum atomic E-state index is -0.336. The summed E-state index contributed by atoms with van der Waals surface area (Å²) >= 11 is 5.91. The van der Waals surface area contributed by atoms with Gasteiger partial charge < -0.3 is 16.0 Å². The maximum absolute atomic E-state index is 12.6. The van der Waals surface area contributed by atoms with Crippen LogP contribution in [0.3, 0.4) is 0 Å². The Kier molecular flexibility index (Phi) is 5.39. The normalized spacial score (nSPS) is 12.9. The number of aromatic nitrogens is 2. The predicted molar refractivity (Wildman–Crippen MR) is 112 cm³/mol. The van der Waals surface area contributed by atoms with E-state index in [1.54, 1.807) is 42.7 Å². The van der Waals surface area contributed by atoms with Crippen LogP contribution in [0.2, 0.25) is 5.02 Å². The Labute approximate surface area is 172 Å². The van der Waals surface area contributed by atoms with Crippen molar-refractivity contribution in [3.8, 4) is 0 Å². The van der Waals surface area contributed by atoms with E-state index in [1.165, 1.54) is 6.20 Å². The van der Waals surface area contributed by atoms with Crippen molar-refractivity contribution >= 4 is 40.5 Å². The molecular formula is C21H18ClN5O2. The molecule has 3 N–H and O–H groups in total. The van der Waals surface area contributed by atoms with Gasteiger partial charge in [0.2, 0.25) is 0 Å². The number of carbonyl (C=O) groups excluding carboxylic acids is 2. The van der Waals surface area contributed by atoms with Crippen LogP contribution in [0.1, 0.15) is 33.7 Å². The molecule has 1 aliphatic carbocycles. The van der Waals surface area contributed by atoms with E-state index < -0.39 is 0 Å². The highest BCUT2D eigenvalue weighted by atomic mass is 35.5. The fourth-order valence-corrected chi connectivity index (χ4v) is 2.76. The zero-order valence-electron chi connectivity index (χ0n) is 15.4. The van der Waals surface area contributed by atoms with Gasteiger partial charge in [-0.15, -0.1) is 0 Å². The first-order valence-electron chi connectivity index (χ1n) is 9.13. The standard InChI is InChI=1S/C21H18ClN5O2/c22-14-2-4-15(5-3-14)25-19-12-23-10-9-17(19)27-20(28)13-1-8-18(24-11-13)21(29)26-16-6-7-16/h1-5,8-12,16,25H,6-7H2,(H,26,29)(H,23,27,28). The van der Waals surface area contributed by atoms with Gasteiger partial charge in [0, 0.05) is 29.1 Å². The topological polar surface area (TPSA) is 96.0 Å². The maximum Gasteiger partial charge on any atom is 0.270 e.